The smallest absolute Gasteiger partial charge is 0.145 e. The molecule has 0 aliphatic carbocycles. The van der Waals surface area contributed by atoms with E-state index < -0.39 is 0 Å². The number of fused-ring (bicyclic) bond motifs is 1. The second kappa shape index (κ2) is 4.94. The SMILES string of the molecule is N#Cc1cc(Nc2ccc3c(c2)CCCO3)ncn1. The zero-order chi connectivity index (χ0) is 13.1. The van der Waals surface area contributed by atoms with Crippen molar-refractivity contribution in [1.29, 1.82) is 5.26 Å². The number of nitriles is 1. The van der Waals surface area contributed by atoms with Crippen LogP contribution in [0.3, 0.4) is 0 Å². The molecule has 0 fully saturated rings. The summed E-state index contributed by atoms with van der Waals surface area (Å²) in [5.41, 5.74) is 2.48. The largest absolute Gasteiger partial charge is 0.493 e. The standard InChI is InChI=1S/C14H12N4O/c15-8-12-7-14(17-9-16-12)18-11-3-4-13-10(6-11)2-1-5-19-13/h3-4,6-7,9H,1-2,5H2,(H,16,17,18). The van der Waals surface area contributed by atoms with Gasteiger partial charge in [0.25, 0.3) is 0 Å². The van der Waals surface area contributed by atoms with Crippen LogP contribution >= 0.6 is 0 Å². The molecule has 0 saturated carbocycles. The highest BCUT2D eigenvalue weighted by Gasteiger charge is 2.10. The molecule has 0 amide bonds. The summed E-state index contributed by atoms with van der Waals surface area (Å²) in [5.74, 6) is 1.57. The van der Waals surface area contributed by atoms with Gasteiger partial charge in [0.2, 0.25) is 0 Å². The zero-order valence-electron chi connectivity index (χ0n) is 10.3. The van der Waals surface area contributed by atoms with E-state index >= 15 is 0 Å². The number of rotatable bonds is 2. The summed E-state index contributed by atoms with van der Waals surface area (Å²) in [6.45, 7) is 0.789. The van der Waals surface area contributed by atoms with Crippen molar-refractivity contribution < 1.29 is 4.74 Å². The van der Waals surface area contributed by atoms with Crippen molar-refractivity contribution in [1.82, 2.24) is 9.97 Å². The molecular formula is C14H12N4O. The third kappa shape index (κ3) is 2.47. The Hall–Kier alpha value is -2.61. The fourth-order valence-electron chi connectivity index (χ4n) is 2.07. The molecule has 2 aromatic rings. The lowest BCUT2D eigenvalue weighted by atomic mass is 10.1. The van der Waals surface area contributed by atoms with E-state index in [1.54, 1.807) is 6.07 Å². The molecule has 19 heavy (non-hydrogen) atoms. The molecule has 1 aromatic carbocycles. The highest BCUT2D eigenvalue weighted by molar-refractivity contribution is 5.60. The summed E-state index contributed by atoms with van der Waals surface area (Å²) in [4.78, 5) is 7.93. The number of benzene rings is 1. The topological polar surface area (TPSA) is 70.8 Å². The van der Waals surface area contributed by atoms with Gasteiger partial charge in [0.1, 0.15) is 29.7 Å². The monoisotopic (exact) mass is 252 g/mol. The minimum Gasteiger partial charge on any atom is -0.493 e. The van der Waals surface area contributed by atoms with Gasteiger partial charge in [0.15, 0.2) is 0 Å². The molecule has 1 aliphatic rings. The van der Waals surface area contributed by atoms with Crippen LogP contribution in [0, 0.1) is 11.3 Å². The molecule has 5 nitrogen and oxygen atoms in total. The van der Waals surface area contributed by atoms with Gasteiger partial charge in [-0.1, -0.05) is 0 Å². The van der Waals surface area contributed by atoms with Crippen LogP contribution in [0.2, 0.25) is 0 Å². The lowest BCUT2D eigenvalue weighted by molar-refractivity contribution is 0.288. The molecule has 5 heteroatoms. The minimum atomic E-state index is 0.346. The molecule has 0 atom stereocenters. The van der Waals surface area contributed by atoms with Crippen LogP contribution in [-0.4, -0.2) is 16.6 Å². The Bertz CT molecular complexity index is 648. The molecule has 3 rings (SSSR count). The van der Waals surface area contributed by atoms with Crippen LogP contribution in [0.15, 0.2) is 30.6 Å². The third-order valence-electron chi connectivity index (χ3n) is 2.96. The van der Waals surface area contributed by atoms with Crippen molar-refractivity contribution in [3.8, 4) is 11.8 Å². The fourth-order valence-corrected chi connectivity index (χ4v) is 2.07. The van der Waals surface area contributed by atoms with Crippen molar-refractivity contribution in [3.05, 3.63) is 41.9 Å². The van der Waals surface area contributed by atoms with Crippen LogP contribution < -0.4 is 10.1 Å². The first kappa shape index (κ1) is 11.5. The summed E-state index contributed by atoms with van der Waals surface area (Å²) in [7, 11) is 0. The normalized spacial score (nSPS) is 13.0. The summed E-state index contributed by atoms with van der Waals surface area (Å²) in [6, 6.07) is 9.58. The fraction of sp³-hybridized carbons (Fsp3) is 0.214. The van der Waals surface area contributed by atoms with Gasteiger partial charge in [-0.25, -0.2) is 9.97 Å². The maximum Gasteiger partial charge on any atom is 0.145 e. The van der Waals surface area contributed by atoms with Crippen molar-refractivity contribution in [2.45, 2.75) is 12.8 Å². The first-order chi connectivity index (χ1) is 9.35. The summed E-state index contributed by atoms with van der Waals surface area (Å²) in [5, 5.41) is 12.0. The second-order valence-corrected chi connectivity index (χ2v) is 4.30. The molecule has 0 unspecified atom stereocenters. The van der Waals surface area contributed by atoms with Gasteiger partial charge in [-0.15, -0.1) is 0 Å². The average Bonchev–Trinajstić information content (AvgIpc) is 2.47. The van der Waals surface area contributed by atoms with E-state index in [0.29, 0.717) is 11.5 Å². The zero-order valence-corrected chi connectivity index (χ0v) is 10.3. The summed E-state index contributed by atoms with van der Waals surface area (Å²) < 4.78 is 5.57. The molecular weight excluding hydrogens is 240 g/mol. The number of hydrogen-bond acceptors (Lipinski definition) is 5. The molecule has 0 spiro atoms. The number of nitrogens with zero attached hydrogens (tertiary/aromatic N) is 3. The molecule has 1 aliphatic heterocycles. The predicted octanol–water partition coefficient (Wildman–Crippen LogP) is 2.42. The van der Waals surface area contributed by atoms with Crippen LogP contribution in [0.1, 0.15) is 17.7 Å². The molecule has 94 valence electrons. The van der Waals surface area contributed by atoms with Crippen LogP contribution in [0.5, 0.6) is 5.75 Å². The van der Waals surface area contributed by atoms with Gasteiger partial charge in [-0.2, -0.15) is 5.26 Å². The van der Waals surface area contributed by atoms with E-state index in [-0.39, 0.29) is 0 Å². The summed E-state index contributed by atoms with van der Waals surface area (Å²) in [6.07, 6.45) is 3.45. The van der Waals surface area contributed by atoms with E-state index in [2.05, 4.69) is 21.4 Å². The Kier molecular flexibility index (Phi) is 2.99. The Balaban J connectivity index is 1.85. The summed E-state index contributed by atoms with van der Waals surface area (Å²) >= 11 is 0. The van der Waals surface area contributed by atoms with E-state index in [1.165, 1.54) is 11.9 Å². The maximum absolute atomic E-state index is 8.80. The molecule has 2 heterocycles. The van der Waals surface area contributed by atoms with Gasteiger partial charge >= 0.3 is 0 Å². The van der Waals surface area contributed by atoms with Crippen LogP contribution in [0.4, 0.5) is 11.5 Å². The molecule has 0 bridgehead atoms. The van der Waals surface area contributed by atoms with Gasteiger partial charge in [0, 0.05) is 11.8 Å². The van der Waals surface area contributed by atoms with E-state index in [1.807, 2.05) is 18.2 Å². The first-order valence-corrected chi connectivity index (χ1v) is 6.10. The van der Waals surface area contributed by atoms with Crippen molar-refractivity contribution in [3.63, 3.8) is 0 Å². The third-order valence-corrected chi connectivity index (χ3v) is 2.96. The molecule has 1 aromatic heterocycles. The van der Waals surface area contributed by atoms with E-state index in [0.717, 1.165) is 30.9 Å². The second-order valence-electron chi connectivity index (χ2n) is 4.30. The molecule has 0 saturated heterocycles. The van der Waals surface area contributed by atoms with Crippen molar-refractivity contribution >= 4 is 11.5 Å². The molecule has 1 N–H and O–H groups in total. The van der Waals surface area contributed by atoms with Crippen LogP contribution in [-0.2, 0) is 6.42 Å². The van der Waals surface area contributed by atoms with Crippen LogP contribution in [0.25, 0.3) is 0 Å². The Morgan fingerprint density at radius 3 is 3.11 bits per heavy atom. The number of nitrogens with one attached hydrogen (secondary N) is 1. The van der Waals surface area contributed by atoms with E-state index in [4.69, 9.17) is 10.00 Å². The quantitative estimate of drug-likeness (QED) is 0.888. The van der Waals surface area contributed by atoms with Gasteiger partial charge in [-0.05, 0) is 36.6 Å². The van der Waals surface area contributed by atoms with Gasteiger partial charge in [-0.3, -0.25) is 0 Å². The number of aromatic nitrogens is 2. The average molecular weight is 252 g/mol. The number of anilines is 2. The predicted molar refractivity (Wildman–Crippen MR) is 70.3 cm³/mol. The Morgan fingerprint density at radius 1 is 1.26 bits per heavy atom. The Labute approximate surface area is 110 Å². The van der Waals surface area contributed by atoms with E-state index in [9.17, 15) is 0 Å². The van der Waals surface area contributed by atoms with Crippen molar-refractivity contribution in [2.24, 2.45) is 0 Å². The van der Waals surface area contributed by atoms with Gasteiger partial charge in [0.05, 0.1) is 6.61 Å². The number of hydrogen-bond donors (Lipinski definition) is 1. The number of aryl methyl sites for hydroxylation is 1. The highest BCUT2D eigenvalue weighted by atomic mass is 16.5. The minimum absolute atomic E-state index is 0.346. The first-order valence-electron chi connectivity index (χ1n) is 6.10. The molecule has 0 radical (unpaired) electrons. The number of ether oxygens (including phenoxy) is 1. The maximum atomic E-state index is 8.80. The van der Waals surface area contributed by atoms with Gasteiger partial charge < -0.3 is 10.1 Å². The lowest BCUT2D eigenvalue weighted by Crippen LogP contribution is -2.08. The Morgan fingerprint density at radius 2 is 2.21 bits per heavy atom. The van der Waals surface area contributed by atoms with Crippen molar-refractivity contribution in [2.75, 3.05) is 11.9 Å². The lowest BCUT2D eigenvalue weighted by Gasteiger charge is -2.18. The highest BCUT2D eigenvalue weighted by Crippen LogP contribution is 2.28.